The molecule has 0 aliphatic rings. The molecule has 0 bridgehead atoms. The Morgan fingerprint density at radius 2 is 1.15 bits per heavy atom. The summed E-state index contributed by atoms with van der Waals surface area (Å²) in [5, 5.41) is -0.0284. The van der Waals surface area contributed by atoms with Gasteiger partial charge in [-0.15, -0.1) is 0 Å². The van der Waals surface area contributed by atoms with Gasteiger partial charge in [0.1, 0.15) is 4.90 Å². The zero-order valence-corrected chi connectivity index (χ0v) is 19.0. The number of aromatic nitrogens is 2. The summed E-state index contributed by atoms with van der Waals surface area (Å²) >= 11 is 0. The Morgan fingerprint density at radius 3 is 1.71 bits per heavy atom. The molecule has 0 amide bonds. The normalized spacial score (nSPS) is 12.3. The third kappa shape index (κ3) is 3.72. The van der Waals surface area contributed by atoms with Crippen LogP contribution in [-0.2, 0) is 20.2 Å². The van der Waals surface area contributed by atoms with Gasteiger partial charge < -0.3 is 0 Å². The fourth-order valence-electron chi connectivity index (χ4n) is 4.08. The predicted molar refractivity (Wildman–Crippen MR) is 128 cm³/mol. The molecule has 0 atom stereocenters. The minimum Gasteiger partial charge on any atom is -0.282 e. The molecule has 2 heterocycles. The van der Waals surface area contributed by atoms with E-state index in [0.29, 0.717) is 22.1 Å². The van der Waals surface area contributed by atoms with E-state index in [1.165, 1.54) is 12.3 Å². The third-order valence-electron chi connectivity index (χ3n) is 5.44. The van der Waals surface area contributed by atoms with Crippen molar-refractivity contribution in [2.24, 2.45) is 0 Å². The maximum atomic E-state index is 12.6. The Bertz CT molecular complexity index is 1790. The Morgan fingerprint density at radius 1 is 0.588 bits per heavy atom. The highest BCUT2D eigenvalue weighted by molar-refractivity contribution is 7.86. The second-order valence-corrected chi connectivity index (χ2v) is 10.2. The van der Waals surface area contributed by atoms with Gasteiger partial charge in [0.2, 0.25) is 0 Å². The standard InChI is InChI=1S/C24H16N2O6S2/c27-33(28,29)19-13-14-25-22-17(19)11-12-18-20(15-7-3-1-4-8-15)21(16-9-5-2-6-10-16)24(26-23(18)22)34(30,31)32/h1-14H,(H,27,28,29)(H,30,31,32). The topological polar surface area (TPSA) is 135 Å². The van der Waals surface area contributed by atoms with E-state index in [4.69, 9.17) is 0 Å². The number of fused-ring (bicyclic) bond motifs is 3. The van der Waals surface area contributed by atoms with Crippen LogP contribution in [0.15, 0.2) is 95.0 Å². The fraction of sp³-hybridized carbons (Fsp3) is 0. The van der Waals surface area contributed by atoms with Gasteiger partial charge in [0.15, 0.2) is 5.03 Å². The summed E-state index contributed by atoms with van der Waals surface area (Å²) in [5.74, 6) is 0. The van der Waals surface area contributed by atoms with E-state index >= 15 is 0 Å². The van der Waals surface area contributed by atoms with Crippen LogP contribution in [0.25, 0.3) is 44.1 Å². The van der Waals surface area contributed by atoms with Crippen LogP contribution in [0.3, 0.4) is 0 Å². The van der Waals surface area contributed by atoms with Gasteiger partial charge in [-0.1, -0.05) is 72.8 Å². The molecule has 0 spiro atoms. The summed E-state index contributed by atoms with van der Waals surface area (Å²) in [6.45, 7) is 0. The average Bonchev–Trinajstić information content (AvgIpc) is 2.82. The second-order valence-electron chi connectivity index (χ2n) is 7.52. The molecule has 0 unspecified atom stereocenters. The summed E-state index contributed by atoms with van der Waals surface area (Å²) in [4.78, 5) is 8.13. The molecule has 0 aliphatic heterocycles. The van der Waals surface area contributed by atoms with Crippen molar-refractivity contribution >= 4 is 42.0 Å². The van der Waals surface area contributed by atoms with Crippen LogP contribution in [0.2, 0.25) is 0 Å². The molecule has 170 valence electrons. The Kier molecular flexibility index (Phi) is 5.18. The van der Waals surface area contributed by atoms with Crippen molar-refractivity contribution in [3.05, 3.63) is 85.1 Å². The van der Waals surface area contributed by atoms with E-state index in [2.05, 4.69) is 9.97 Å². The smallest absolute Gasteiger partial charge is 0.282 e. The molecule has 0 saturated carbocycles. The van der Waals surface area contributed by atoms with Crippen molar-refractivity contribution < 1.29 is 25.9 Å². The quantitative estimate of drug-likeness (QED) is 0.274. The van der Waals surface area contributed by atoms with Crippen LogP contribution in [0.4, 0.5) is 0 Å². The fourth-order valence-corrected chi connectivity index (χ4v) is 5.44. The average molecular weight is 493 g/mol. The number of hydrogen-bond donors (Lipinski definition) is 2. The zero-order valence-electron chi connectivity index (χ0n) is 17.3. The summed E-state index contributed by atoms with van der Waals surface area (Å²) in [7, 11) is -9.40. The van der Waals surface area contributed by atoms with E-state index in [1.807, 2.05) is 6.07 Å². The Balaban J connectivity index is 2.07. The van der Waals surface area contributed by atoms with E-state index < -0.39 is 25.3 Å². The van der Waals surface area contributed by atoms with E-state index in [-0.39, 0.29) is 26.9 Å². The first-order chi connectivity index (χ1) is 16.2. The molecule has 2 aromatic heterocycles. The molecule has 5 aromatic rings. The van der Waals surface area contributed by atoms with Gasteiger partial charge in [-0.25, -0.2) is 4.98 Å². The summed E-state index contributed by atoms with van der Waals surface area (Å²) < 4.78 is 68.8. The van der Waals surface area contributed by atoms with Gasteiger partial charge in [0.05, 0.1) is 11.0 Å². The monoisotopic (exact) mass is 492 g/mol. The Labute approximate surface area is 195 Å². The third-order valence-corrected chi connectivity index (χ3v) is 7.14. The molecule has 5 rings (SSSR count). The van der Waals surface area contributed by atoms with Crippen LogP contribution in [-0.4, -0.2) is 35.9 Å². The minimum atomic E-state index is -4.82. The van der Waals surface area contributed by atoms with Crippen LogP contribution in [0.5, 0.6) is 0 Å². The maximum absolute atomic E-state index is 12.6. The van der Waals surface area contributed by atoms with Crippen molar-refractivity contribution in [2.45, 2.75) is 9.92 Å². The van der Waals surface area contributed by atoms with Gasteiger partial charge in [-0.3, -0.25) is 14.1 Å². The van der Waals surface area contributed by atoms with Gasteiger partial charge in [0.25, 0.3) is 10.1 Å². The lowest BCUT2D eigenvalue weighted by Crippen LogP contribution is -2.07. The first-order valence-electron chi connectivity index (χ1n) is 9.97. The van der Waals surface area contributed by atoms with Crippen molar-refractivity contribution in [2.75, 3.05) is 0 Å². The van der Waals surface area contributed by atoms with Crippen LogP contribution < -0.4 is 0 Å². The highest BCUT2D eigenvalue weighted by Crippen LogP contribution is 2.42. The van der Waals surface area contributed by atoms with Crippen LogP contribution in [0, 0.1) is 0 Å². The van der Waals surface area contributed by atoms with Gasteiger partial charge in [-0.2, -0.15) is 16.8 Å². The van der Waals surface area contributed by atoms with Gasteiger partial charge in [0, 0.05) is 28.1 Å². The Hall–Kier alpha value is -3.70. The highest BCUT2D eigenvalue weighted by Gasteiger charge is 2.27. The van der Waals surface area contributed by atoms with Crippen LogP contribution >= 0.6 is 0 Å². The molecule has 0 radical (unpaired) electrons. The van der Waals surface area contributed by atoms with E-state index in [9.17, 15) is 25.9 Å². The van der Waals surface area contributed by atoms with E-state index in [1.54, 1.807) is 60.7 Å². The summed E-state index contributed by atoms with van der Waals surface area (Å²) in [5.41, 5.74) is 1.98. The molecular weight excluding hydrogens is 476 g/mol. The lowest BCUT2D eigenvalue weighted by atomic mass is 9.92. The number of nitrogens with zero attached hydrogens (tertiary/aromatic N) is 2. The molecule has 10 heteroatoms. The van der Waals surface area contributed by atoms with Crippen molar-refractivity contribution in [1.29, 1.82) is 0 Å². The van der Waals surface area contributed by atoms with Crippen molar-refractivity contribution in [3.8, 4) is 22.3 Å². The zero-order chi connectivity index (χ0) is 24.1. The number of pyridine rings is 2. The van der Waals surface area contributed by atoms with E-state index in [0.717, 1.165) is 6.07 Å². The number of rotatable bonds is 4. The predicted octanol–water partition coefficient (Wildman–Crippen LogP) is 4.61. The van der Waals surface area contributed by atoms with Gasteiger partial charge >= 0.3 is 10.1 Å². The number of benzene rings is 3. The van der Waals surface area contributed by atoms with Crippen molar-refractivity contribution in [3.63, 3.8) is 0 Å². The highest BCUT2D eigenvalue weighted by atomic mass is 32.2. The van der Waals surface area contributed by atoms with Gasteiger partial charge in [-0.05, 0) is 17.2 Å². The number of hydrogen-bond acceptors (Lipinski definition) is 6. The SMILES string of the molecule is O=S(=O)(O)c1nc2c(ccc3c(S(=O)(=O)O)ccnc32)c(-c2ccccc2)c1-c1ccccc1. The second kappa shape index (κ2) is 7.96. The molecular formula is C24H16N2O6S2. The molecule has 0 aliphatic carbocycles. The van der Waals surface area contributed by atoms with Crippen LogP contribution in [0.1, 0.15) is 0 Å². The lowest BCUT2D eigenvalue weighted by Gasteiger charge is -2.17. The summed E-state index contributed by atoms with van der Waals surface area (Å²) in [6, 6.07) is 21.9. The molecule has 8 nitrogen and oxygen atoms in total. The lowest BCUT2D eigenvalue weighted by molar-refractivity contribution is 0.479. The molecule has 2 N–H and O–H groups in total. The largest absolute Gasteiger partial charge is 0.312 e. The minimum absolute atomic E-state index is 0.0640. The molecule has 0 saturated heterocycles. The molecule has 3 aromatic carbocycles. The van der Waals surface area contributed by atoms with Crippen molar-refractivity contribution in [1.82, 2.24) is 9.97 Å². The summed E-state index contributed by atoms with van der Waals surface area (Å²) in [6.07, 6.45) is 1.19. The first-order valence-corrected chi connectivity index (χ1v) is 12.9. The maximum Gasteiger partial charge on any atom is 0.312 e. The molecule has 0 fully saturated rings. The first kappa shape index (κ1) is 22.1. The molecule has 34 heavy (non-hydrogen) atoms.